The van der Waals surface area contributed by atoms with Crippen LogP contribution in [-0.4, -0.2) is 29.0 Å². The smallest absolute Gasteiger partial charge is 0.252 e. The van der Waals surface area contributed by atoms with Crippen molar-refractivity contribution >= 4 is 33.5 Å². The van der Waals surface area contributed by atoms with Crippen molar-refractivity contribution in [3.8, 4) is 11.1 Å². The summed E-state index contributed by atoms with van der Waals surface area (Å²) in [7, 11) is 2.04. The summed E-state index contributed by atoms with van der Waals surface area (Å²) in [5.74, 6) is -0.330. The summed E-state index contributed by atoms with van der Waals surface area (Å²) in [5, 5.41) is 8.71. The van der Waals surface area contributed by atoms with E-state index in [1.165, 1.54) is 10.9 Å². The number of aromatic nitrogens is 1. The highest BCUT2D eigenvalue weighted by atomic mass is 16.2. The van der Waals surface area contributed by atoms with Gasteiger partial charge in [-0.15, -0.1) is 0 Å². The summed E-state index contributed by atoms with van der Waals surface area (Å²) in [6, 6.07) is 19.8. The van der Waals surface area contributed by atoms with Gasteiger partial charge in [-0.1, -0.05) is 36.4 Å². The number of fused-ring (bicyclic) bond motifs is 2. The summed E-state index contributed by atoms with van der Waals surface area (Å²) < 4.78 is 2.10. The van der Waals surface area contributed by atoms with Crippen LogP contribution in [0.3, 0.4) is 0 Å². The standard InChI is InChI=1S/C24H21N3O2/c1-27-13-11-16-14-15(8-9-22(16)27)17-4-2-6-19-18(17)5-3-7-20(19)23(28)26-21-10-12-25-24(21)29/h2-9,11,13-14,21H,10,12H2,1H3,(H,25,29)(H,26,28). The second-order valence-electron chi connectivity index (χ2n) is 7.51. The van der Waals surface area contributed by atoms with Crippen molar-refractivity contribution in [2.75, 3.05) is 6.54 Å². The van der Waals surface area contributed by atoms with Gasteiger partial charge in [0, 0.05) is 36.3 Å². The number of nitrogens with zero attached hydrogens (tertiary/aromatic N) is 1. The molecule has 5 nitrogen and oxygen atoms in total. The molecule has 1 unspecified atom stereocenters. The fourth-order valence-electron chi connectivity index (χ4n) is 4.18. The lowest BCUT2D eigenvalue weighted by Crippen LogP contribution is -2.40. The molecule has 144 valence electrons. The summed E-state index contributed by atoms with van der Waals surface area (Å²) in [6.45, 7) is 0.603. The molecule has 1 saturated heterocycles. The fourth-order valence-corrected chi connectivity index (χ4v) is 4.18. The van der Waals surface area contributed by atoms with Gasteiger partial charge in [-0.3, -0.25) is 9.59 Å². The molecule has 3 aromatic carbocycles. The van der Waals surface area contributed by atoms with Crippen molar-refractivity contribution in [3.63, 3.8) is 0 Å². The lowest BCUT2D eigenvalue weighted by Gasteiger charge is -2.13. The van der Waals surface area contributed by atoms with Crippen molar-refractivity contribution in [3.05, 3.63) is 72.4 Å². The van der Waals surface area contributed by atoms with Crippen molar-refractivity contribution < 1.29 is 9.59 Å². The van der Waals surface area contributed by atoms with Gasteiger partial charge >= 0.3 is 0 Å². The van der Waals surface area contributed by atoms with Crippen LogP contribution >= 0.6 is 0 Å². The highest BCUT2D eigenvalue weighted by Crippen LogP contribution is 2.32. The Hall–Kier alpha value is -3.60. The zero-order valence-electron chi connectivity index (χ0n) is 16.1. The van der Waals surface area contributed by atoms with E-state index in [-0.39, 0.29) is 11.8 Å². The Kier molecular flexibility index (Phi) is 4.09. The summed E-state index contributed by atoms with van der Waals surface area (Å²) in [6.07, 6.45) is 2.68. The second kappa shape index (κ2) is 6.78. The van der Waals surface area contributed by atoms with Crippen molar-refractivity contribution in [1.82, 2.24) is 15.2 Å². The Balaban J connectivity index is 1.58. The monoisotopic (exact) mass is 383 g/mol. The maximum atomic E-state index is 12.9. The zero-order valence-corrected chi connectivity index (χ0v) is 16.1. The first-order valence-corrected chi connectivity index (χ1v) is 9.77. The van der Waals surface area contributed by atoms with E-state index in [2.05, 4.69) is 51.7 Å². The topological polar surface area (TPSA) is 63.1 Å². The quantitative estimate of drug-likeness (QED) is 0.568. The van der Waals surface area contributed by atoms with Crippen molar-refractivity contribution in [2.45, 2.75) is 12.5 Å². The highest BCUT2D eigenvalue weighted by molar-refractivity contribution is 6.11. The van der Waals surface area contributed by atoms with Gasteiger partial charge in [0.05, 0.1) is 0 Å². The van der Waals surface area contributed by atoms with Gasteiger partial charge in [0.1, 0.15) is 6.04 Å². The van der Waals surface area contributed by atoms with E-state index in [1.807, 2.05) is 37.4 Å². The Morgan fingerprint density at radius 3 is 2.72 bits per heavy atom. The molecule has 0 radical (unpaired) electrons. The van der Waals surface area contributed by atoms with E-state index in [9.17, 15) is 9.59 Å². The molecule has 1 aromatic heterocycles. The largest absolute Gasteiger partial charge is 0.354 e. The van der Waals surface area contributed by atoms with Crippen LogP contribution in [0.25, 0.3) is 32.8 Å². The first-order chi connectivity index (χ1) is 14.1. The Morgan fingerprint density at radius 1 is 1.07 bits per heavy atom. The van der Waals surface area contributed by atoms with E-state index < -0.39 is 6.04 Å². The number of nitrogens with one attached hydrogen (secondary N) is 2. The zero-order chi connectivity index (χ0) is 20.0. The number of hydrogen-bond acceptors (Lipinski definition) is 2. The van der Waals surface area contributed by atoms with Crippen LogP contribution in [0.4, 0.5) is 0 Å². The molecule has 1 aliphatic rings. The van der Waals surface area contributed by atoms with Crippen LogP contribution in [0, 0.1) is 0 Å². The van der Waals surface area contributed by atoms with Gasteiger partial charge in [0.2, 0.25) is 5.91 Å². The molecule has 4 aromatic rings. The van der Waals surface area contributed by atoms with Crippen LogP contribution in [0.1, 0.15) is 16.8 Å². The number of rotatable bonds is 3. The molecule has 0 bridgehead atoms. The average molecular weight is 383 g/mol. The van der Waals surface area contributed by atoms with E-state index in [0.29, 0.717) is 18.5 Å². The number of amides is 2. The summed E-state index contributed by atoms with van der Waals surface area (Å²) >= 11 is 0. The van der Waals surface area contributed by atoms with Crippen LogP contribution in [-0.2, 0) is 11.8 Å². The number of carbonyl (C=O) groups is 2. The normalized spacial score (nSPS) is 16.3. The Labute approximate surface area is 168 Å². The van der Waals surface area contributed by atoms with Crippen LogP contribution in [0.2, 0.25) is 0 Å². The number of hydrogen-bond donors (Lipinski definition) is 2. The minimum Gasteiger partial charge on any atom is -0.354 e. The SMILES string of the molecule is Cn1ccc2cc(-c3cccc4c(C(=O)NC5CCNC5=O)cccc34)ccc21. The Morgan fingerprint density at radius 2 is 1.90 bits per heavy atom. The fraction of sp³-hybridized carbons (Fsp3) is 0.167. The molecule has 29 heavy (non-hydrogen) atoms. The van der Waals surface area contributed by atoms with Crippen LogP contribution in [0.15, 0.2) is 66.9 Å². The first kappa shape index (κ1) is 17.5. The molecule has 0 saturated carbocycles. The molecule has 1 atom stereocenters. The maximum absolute atomic E-state index is 12.9. The van der Waals surface area contributed by atoms with Gasteiger partial charge in [0.15, 0.2) is 0 Å². The number of aryl methyl sites for hydroxylation is 1. The number of carbonyl (C=O) groups excluding carboxylic acids is 2. The van der Waals surface area contributed by atoms with Crippen LogP contribution < -0.4 is 10.6 Å². The molecule has 2 heterocycles. The third-order valence-electron chi connectivity index (χ3n) is 5.72. The van der Waals surface area contributed by atoms with E-state index in [1.54, 1.807) is 0 Å². The molecular formula is C24H21N3O2. The first-order valence-electron chi connectivity index (χ1n) is 9.77. The van der Waals surface area contributed by atoms with Gasteiger partial charge in [-0.05, 0) is 52.6 Å². The van der Waals surface area contributed by atoms with Crippen molar-refractivity contribution in [2.24, 2.45) is 7.05 Å². The molecule has 5 heteroatoms. The maximum Gasteiger partial charge on any atom is 0.252 e. The predicted molar refractivity (Wildman–Crippen MR) is 115 cm³/mol. The van der Waals surface area contributed by atoms with Gasteiger partial charge < -0.3 is 15.2 Å². The molecule has 2 N–H and O–H groups in total. The number of benzene rings is 3. The molecule has 0 aliphatic carbocycles. The van der Waals surface area contributed by atoms with Crippen molar-refractivity contribution in [1.29, 1.82) is 0 Å². The third-order valence-corrected chi connectivity index (χ3v) is 5.72. The minimum absolute atomic E-state index is 0.115. The van der Waals surface area contributed by atoms with E-state index >= 15 is 0 Å². The second-order valence-corrected chi connectivity index (χ2v) is 7.51. The molecule has 2 amide bonds. The summed E-state index contributed by atoms with van der Waals surface area (Å²) in [5.41, 5.74) is 3.97. The highest BCUT2D eigenvalue weighted by Gasteiger charge is 2.26. The van der Waals surface area contributed by atoms with Gasteiger partial charge in [-0.25, -0.2) is 0 Å². The van der Waals surface area contributed by atoms with Gasteiger partial charge in [0.25, 0.3) is 5.91 Å². The Bertz CT molecular complexity index is 1270. The molecule has 0 spiro atoms. The van der Waals surface area contributed by atoms with Crippen LogP contribution in [0.5, 0.6) is 0 Å². The molecule has 5 rings (SSSR count). The summed E-state index contributed by atoms with van der Waals surface area (Å²) in [4.78, 5) is 24.7. The average Bonchev–Trinajstić information content (AvgIpc) is 3.32. The molecule has 1 aliphatic heterocycles. The predicted octanol–water partition coefficient (Wildman–Crippen LogP) is 3.62. The molecule has 1 fully saturated rings. The minimum atomic E-state index is -0.457. The van der Waals surface area contributed by atoms with Gasteiger partial charge in [-0.2, -0.15) is 0 Å². The lowest BCUT2D eigenvalue weighted by atomic mass is 9.94. The van der Waals surface area contributed by atoms with E-state index in [0.717, 1.165) is 21.9 Å². The molecular weight excluding hydrogens is 362 g/mol. The third kappa shape index (κ3) is 2.95. The lowest BCUT2D eigenvalue weighted by molar-refractivity contribution is -0.120. The van der Waals surface area contributed by atoms with E-state index in [4.69, 9.17) is 0 Å².